The highest BCUT2D eigenvalue weighted by molar-refractivity contribution is 5.93. The molecule has 0 aliphatic carbocycles. The fraction of sp³-hybridized carbons (Fsp3) is 0.286. The molecule has 0 saturated carbocycles. The summed E-state index contributed by atoms with van der Waals surface area (Å²) in [7, 11) is 1.79. The number of rotatable bonds is 5. The van der Waals surface area contributed by atoms with Gasteiger partial charge in [-0.3, -0.25) is 9.48 Å². The van der Waals surface area contributed by atoms with Gasteiger partial charge in [0.05, 0.1) is 11.8 Å². The van der Waals surface area contributed by atoms with Crippen molar-refractivity contribution in [1.29, 1.82) is 0 Å². The second kappa shape index (κ2) is 7.67. The third kappa shape index (κ3) is 4.08. The number of hydrogen-bond donors (Lipinski definition) is 1. The maximum atomic E-state index is 12.4. The van der Waals surface area contributed by atoms with E-state index < -0.39 is 0 Å². The molecule has 1 aromatic carbocycles. The lowest BCUT2D eigenvalue weighted by molar-refractivity contribution is 0.0748. The van der Waals surface area contributed by atoms with Gasteiger partial charge in [0.15, 0.2) is 0 Å². The van der Waals surface area contributed by atoms with Gasteiger partial charge in [0.2, 0.25) is 0 Å². The predicted molar refractivity (Wildman–Crippen MR) is 80.7 cm³/mol. The highest BCUT2D eigenvalue weighted by atomic mass is 35.5. The first-order valence-corrected chi connectivity index (χ1v) is 6.22. The Morgan fingerprint density at radius 2 is 2.05 bits per heavy atom. The van der Waals surface area contributed by atoms with E-state index in [4.69, 9.17) is 5.73 Å². The van der Waals surface area contributed by atoms with Gasteiger partial charge in [-0.15, -0.1) is 12.4 Å². The Kier molecular flexibility index (Phi) is 6.21. The van der Waals surface area contributed by atoms with Gasteiger partial charge in [0.1, 0.15) is 0 Å². The molecule has 0 atom stereocenters. The largest absolute Gasteiger partial charge is 0.333 e. The topological polar surface area (TPSA) is 64.2 Å². The van der Waals surface area contributed by atoms with Gasteiger partial charge >= 0.3 is 0 Å². The summed E-state index contributed by atoms with van der Waals surface area (Å²) in [6, 6.07) is 9.88. The van der Waals surface area contributed by atoms with Crippen molar-refractivity contribution in [2.75, 3.05) is 13.1 Å². The number of amides is 1. The van der Waals surface area contributed by atoms with Gasteiger partial charge in [0.25, 0.3) is 5.91 Å². The summed E-state index contributed by atoms with van der Waals surface area (Å²) >= 11 is 0. The molecule has 0 bridgehead atoms. The monoisotopic (exact) mass is 294 g/mol. The molecular formula is C14H19ClN4O. The normalized spacial score (nSPS) is 9.90. The zero-order valence-electron chi connectivity index (χ0n) is 11.4. The number of halogens is 1. The van der Waals surface area contributed by atoms with E-state index in [0.29, 0.717) is 25.2 Å². The molecule has 0 aliphatic heterocycles. The van der Waals surface area contributed by atoms with Gasteiger partial charge in [-0.25, -0.2) is 0 Å². The van der Waals surface area contributed by atoms with Crippen LogP contribution < -0.4 is 5.73 Å². The third-order valence-electron chi connectivity index (χ3n) is 2.85. The van der Waals surface area contributed by atoms with Crippen molar-refractivity contribution < 1.29 is 4.79 Å². The molecule has 0 radical (unpaired) electrons. The van der Waals surface area contributed by atoms with Gasteiger partial charge in [-0.2, -0.15) is 5.10 Å². The SMILES string of the molecule is Cl.Cn1cc(C(=O)N(CCN)Cc2ccccc2)cn1. The van der Waals surface area contributed by atoms with Crippen LogP contribution in [0.25, 0.3) is 0 Å². The Balaban J connectivity index is 0.00000200. The lowest BCUT2D eigenvalue weighted by Gasteiger charge is -2.21. The van der Waals surface area contributed by atoms with Crippen LogP contribution in [0.15, 0.2) is 42.7 Å². The highest BCUT2D eigenvalue weighted by Gasteiger charge is 2.16. The minimum atomic E-state index is -0.0394. The quantitative estimate of drug-likeness (QED) is 0.907. The molecule has 0 aliphatic rings. The van der Waals surface area contributed by atoms with Crippen molar-refractivity contribution in [3.8, 4) is 0 Å². The molecule has 2 aromatic rings. The van der Waals surface area contributed by atoms with Gasteiger partial charge < -0.3 is 10.6 Å². The molecule has 6 heteroatoms. The van der Waals surface area contributed by atoms with E-state index in [1.165, 1.54) is 0 Å². The summed E-state index contributed by atoms with van der Waals surface area (Å²) < 4.78 is 1.62. The van der Waals surface area contributed by atoms with Crippen LogP contribution in [0.5, 0.6) is 0 Å². The second-order valence-electron chi connectivity index (χ2n) is 4.40. The summed E-state index contributed by atoms with van der Waals surface area (Å²) in [6.07, 6.45) is 3.30. The van der Waals surface area contributed by atoms with Crippen LogP contribution in [0.1, 0.15) is 15.9 Å². The first-order valence-electron chi connectivity index (χ1n) is 6.22. The number of hydrogen-bond acceptors (Lipinski definition) is 3. The third-order valence-corrected chi connectivity index (χ3v) is 2.85. The van der Waals surface area contributed by atoms with Crippen molar-refractivity contribution in [2.45, 2.75) is 6.54 Å². The van der Waals surface area contributed by atoms with Gasteiger partial charge in [-0.05, 0) is 5.56 Å². The number of aromatic nitrogens is 2. The first kappa shape index (κ1) is 16.2. The summed E-state index contributed by atoms with van der Waals surface area (Å²) in [5.74, 6) is -0.0394. The summed E-state index contributed by atoms with van der Waals surface area (Å²) in [5.41, 5.74) is 7.27. The van der Waals surface area contributed by atoms with Crippen LogP contribution in [0.4, 0.5) is 0 Å². The molecule has 108 valence electrons. The second-order valence-corrected chi connectivity index (χ2v) is 4.40. The van der Waals surface area contributed by atoms with Gasteiger partial charge in [-0.1, -0.05) is 30.3 Å². The Bertz CT molecular complexity index is 541. The molecule has 0 spiro atoms. The maximum absolute atomic E-state index is 12.4. The average molecular weight is 295 g/mol. The van der Waals surface area contributed by atoms with E-state index >= 15 is 0 Å². The molecule has 5 nitrogen and oxygen atoms in total. The van der Waals surface area contributed by atoms with E-state index in [1.807, 2.05) is 30.3 Å². The van der Waals surface area contributed by atoms with E-state index in [2.05, 4.69) is 5.10 Å². The molecular weight excluding hydrogens is 276 g/mol. The zero-order valence-corrected chi connectivity index (χ0v) is 12.2. The first-order chi connectivity index (χ1) is 9.20. The van der Waals surface area contributed by atoms with Crippen molar-refractivity contribution >= 4 is 18.3 Å². The minimum Gasteiger partial charge on any atom is -0.333 e. The molecule has 1 heterocycles. The zero-order chi connectivity index (χ0) is 13.7. The number of nitrogens with zero attached hydrogens (tertiary/aromatic N) is 3. The van der Waals surface area contributed by atoms with Crippen LogP contribution >= 0.6 is 12.4 Å². The Hall–Kier alpha value is -1.85. The predicted octanol–water partition coefficient (Wildman–Crippen LogP) is 1.44. The molecule has 0 fully saturated rings. The molecule has 1 amide bonds. The smallest absolute Gasteiger partial charge is 0.257 e. The molecule has 1 aromatic heterocycles. The number of aryl methyl sites for hydroxylation is 1. The summed E-state index contributed by atoms with van der Waals surface area (Å²) in [4.78, 5) is 14.1. The van der Waals surface area contributed by atoms with Crippen molar-refractivity contribution in [2.24, 2.45) is 12.8 Å². The van der Waals surface area contributed by atoms with Crippen molar-refractivity contribution in [3.05, 3.63) is 53.9 Å². The van der Waals surface area contributed by atoms with Crippen LogP contribution in [0.2, 0.25) is 0 Å². The number of benzene rings is 1. The number of carbonyl (C=O) groups excluding carboxylic acids is 1. The van der Waals surface area contributed by atoms with E-state index in [0.717, 1.165) is 5.56 Å². The lowest BCUT2D eigenvalue weighted by Crippen LogP contribution is -2.34. The fourth-order valence-electron chi connectivity index (χ4n) is 1.93. The molecule has 0 saturated heterocycles. The van der Waals surface area contributed by atoms with Crippen LogP contribution in [0, 0.1) is 0 Å². The maximum Gasteiger partial charge on any atom is 0.257 e. The molecule has 2 rings (SSSR count). The fourth-order valence-corrected chi connectivity index (χ4v) is 1.93. The van der Waals surface area contributed by atoms with Crippen LogP contribution in [0.3, 0.4) is 0 Å². The van der Waals surface area contributed by atoms with Crippen molar-refractivity contribution in [3.63, 3.8) is 0 Å². The Morgan fingerprint density at radius 3 is 2.60 bits per heavy atom. The number of carbonyl (C=O) groups is 1. The Labute approximate surface area is 124 Å². The minimum absolute atomic E-state index is 0. The van der Waals surface area contributed by atoms with Crippen LogP contribution in [-0.4, -0.2) is 33.7 Å². The Morgan fingerprint density at radius 1 is 1.35 bits per heavy atom. The molecule has 0 unspecified atom stereocenters. The molecule has 20 heavy (non-hydrogen) atoms. The lowest BCUT2D eigenvalue weighted by atomic mass is 10.2. The molecule has 2 N–H and O–H groups in total. The average Bonchev–Trinajstić information content (AvgIpc) is 2.85. The summed E-state index contributed by atoms with van der Waals surface area (Å²) in [6.45, 7) is 1.53. The van der Waals surface area contributed by atoms with E-state index in [1.54, 1.807) is 29.0 Å². The van der Waals surface area contributed by atoms with E-state index in [9.17, 15) is 4.79 Å². The summed E-state index contributed by atoms with van der Waals surface area (Å²) in [5, 5.41) is 4.03. The number of nitrogens with two attached hydrogens (primary N) is 1. The highest BCUT2D eigenvalue weighted by Crippen LogP contribution is 2.09. The van der Waals surface area contributed by atoms with Crippen molar-refractivity contribution in [1.82, 2.24) is 14.7 Å². The van der Waals surface area contributed by atoms with Crippen LogP contribution in [-0.2, 0) is 13.6 Å². The standard InChI is InChI=1S/C14H18N4O.ClH/c1-17-11-13(9-16-17)14(19)18(8-7-15)10-12-5-3-2-4-6-12;/h2-6,9,11H,7-8,10,15H2,1H3;1H. The van der Waals surface area contributed by atoms with E-state index in [-0.39, 0.29) is 18.3 Å². The van der Waals surface area contributed by atoms with Gasteiger partial charge in [0, 0.05) is 32.9 Å².